The second-order valence-corrected chi connectivity index (χ2v) is 7.77. The number of fused-ring (bicyclic) bond motifs is 1. The zero-order valence-corrected chi connectivity index (χ0v) is 14.4. The summed E-state index contributed by atoms with van der Waals surface area (Å²) in [6.45, 7) is 4.60. The fraction of sp³-hybridized carbons (Fsp3) is 0.500. The van der Waals surface area contributed by atoms with Crippen LogP contribution in [0.4, 0.5) is 13.2 Å². The molecule has 0 bridgehead atoms. The number of hydrogen-bond acceptors (Lipinski definition) is 5. The zero-order valence-electron chi connectivity index (χ0n) is 13.6. The molecule has 1 aromatic rings. The molecule has 8 heteroatoms. The number of ketones is 1. The molecule has 0 spiro atoms. The van der Waals surface area contributed by atoms with Gasteiger partial charge in [-0.1, -0.05) is 6.07 Å². The van der Waals surface area contributed by atoms with Gasteiger partial charge in [-0.25, -0.2) is 0 Å². The smallest absolute Gasteiger partial charge is 0.443 e. The van der Waals surface area contributed by atoms with Crippen molar-refractivity contribution in [3.63, 3.8) is 0 Å². The van der Waals surface area contributed by atoms with E-state index in [2.05, 4.69) is 0 Å². The number of alkyl halides is 3. The lowest BCUT2D eigenvalue weighted by molar-refractivity contribution is -0.156. The molecular weight excluding hydrogens is 345 g/mol. The van der Waals surface area contributed by atoms with Crippen LogP contribution >= 0.6 is 11.8 Å². The van der Waals surface area contributed by atoms with Crippen molar-refractivity contribution in [2.75, 3.05) is 7.11 Å². The molecule has 0 saturated carbocycles. The highest BCUT2D eigenvalue weighted by Gasteiger charge is 2.59. The Kier molecular flexibility index (Phi) is 4.65. The Balaban J connectivity index is 2.49. The molecule has 0 fully saturated rings. The molecule has 1 atom stereocenters. The van der Waals surface area contributed by atoms with Gasteiger partial charge in [0.1, 0.15) is 11.4 Å². The van der Waals surface area contributed by atoms with Gasteiger partial charge in [0, 0.05) is 12.0 Å². The molecule has 1 aliphatic carbocycles. The van der Waals surface area contributed by atoms with Crippen molar-refractivity contribution in [3.8, 4) is 5.75 Å². The van der Waals surface area contributed by atoms with Crippen LogP contribution in [0.1, 0.15) is 36.7 Å². The predicted octanol–water partition coefficient (Wildman–Crippen LogP) is 3.77. The summed E-state index contributed by atoms with van der Waals surface area (Å²) in [6.07, 6.45) is -0.371. The Morgan fingerprint density at radius 2 is 1.88 bits per heavy atom. The van der Waals surface area contributed by atoms with E-state index in [9.17, 15) is 22.8 Å². The summed E-state index contributed by atoms with van der Waals surface area (Å²) in [5, 5.41) is 0. The fourth-order valence-electron chi connectivity index (χ4n) is 2.46. The number of Topliss-reactive ketones (excluding diaryl/α,β-unsaturated/α-hetero) is 1. The van der Waals surface area contributed by atoms with E-state index < -0.39 is 39.4 Å². The first-order valence-electron chi connectivity index (χ1n) is 7.10. The first-order valence-corrected chi connectivity index (χ1v) is 7.92. The Morgan fingerprint density at radius 3 is 2.38 bits per heavy atom. The minimum atomic E-state index is -4.77. The summed E-state index contributed by atoms with van der Waals surface area (Å²) in [5.74, 6) is -1.76. The van der Waals surface area contributed by atoms with Crippen LogP contribution in [0.2, 0.25) is 0 Å². The molecular formula is C16H17F3O4S. The number of hydrogen-bond donors (Lipinski definition) is 0. The highest BCUT2D eigenvalue weighted by atomic mass is 32.2. The van der Waals surface area contributed by atoms with Gasteiger partial charge in [-0.2, -0.15) is 13.2 Å². The summed E-state index contributed by atoms with van der Waals surface area (Å²) in [5.41, 5.74) is -5.36. The molecule has 0 heterocycles. The molecule has 0 radical (unpaired) electrons. The quantitative estimate of drug-likeness (QED) is 0.605. The highest BCUT2D eigenvalue weighted by molar-refractivity contribution is 8.03. The Bertz CT molecular complexity index is 679. The number of ether oxygens (including phenoxy) is 2. The minimum absolute atomic E-state index is 0.0527. The van der Waals surface area contributed by atoms with Gasteiger partial charge in [0.2, 0.25) is 0 Å². The molecule has 4 nitrogen and oxygen atoms in total. The van der Waals surface area contributed by atoms with Crippen molar-refractivity contribution in [1.82, 2.24) is 0 Å². The van der Waals surface area contributed by atoms with Crippen molar-refractivity contribution >= 4 is 23.5 Å². The standard InChI is InChI=1S/C16H17F3O4S/c1-14(2,3)23-13(21)15(24-16(17,18)19)8-9-5-6-10(22-4)7-11(9)12(15)20/h5-7H,8H2,1-4H3. The SMILES string of the molecule is COc1ccc2c(c1)C(=O)C(SC(F)(F)F)(C(=O)OC(C)(C)C)C2. The van der Waals surface area contributed by atoms with E-state index >= 15 is 0 Å². The number of halogens is 3. The van der Waals surface area contributed by atoms with Crippen LogP contribution in [0.25, 0.3) is 0 Å². The largest absolute Gasteiger partial charge is 0.497 e. The van der Waals surface area contributed by atoms with Crippen molar-refractivity contribution in [2.24, 2.45) is 0 Å². The number of carbonyl (C=O) groups is 2. The van der Waals surface area contributed by atoms with Gasteiger partial charge in [-0.15, -0.1) is 0 Å². The third-order valence-electron chi connectivity index (χ3n) is 3.39. The van der Waals surface area contributed by atoms with Crippen molar-refractivity contribution in [1.29, 1.82) is 0 Å². The molecule has 0 aliphatic heterocycles. The first-order chi connectivity index (χ1) is 10.9. The van der Waals surface area contributed by atoms with Gasteiger partial charge >= 0.3 is 11.5 Å². The number of carbonyl (C=O) groups excluding carboxylic acids is 2. The number of esters is 1. The van der Waals surface area contributed by atoms with E-state index in [0.717, 1.165) is 0 Å². The molecule has 0 saturated heterocycles. The first kappa shape index (κ1) is 18.6. The van der Waals surface area contributed by atoms with E-state index in [-0.39, 0.29) is 12.0 Å². The summed E-state index contributed by atoms with van der Waals surface area (Å²) in [7, 11) is 1.38. The average molecular weight is 362 g/mol. The van der Waals surface area contributed by atoms with Crippen LogP contribution in [0, 0.1) is 0 Å². The lowest BCUT2D eigenvalue weighted by atomic mass is 10.0. The van der Waals surface area contributed by atoms with Crippen molar-refractivity contribution in [2.45, 2.75) is 43.0 Å². The van der Waals surface area contributed by atoms with Gasteiger partial charge < -0.3 is 9.47 Å². The number of thioether (sulfide) groups is 1. The second-order valence-electron chi connectivity index (χ2n) is 6.41. The third-order valence-corrected chi connectivity index (χ3v) is 4.46. The van der Waals surface area contributed by atoms with E-state index in [1.54, 1.807) is 0 Å². The average Bonchev–Trinajstić information content (AvgIpc) is 2.68. The number of methoxy groups -OCH3 is 1. The third kappa shape index (κ3) is 3.68. The van der Waals surface area contributed by atoms with Gasteiger partial charge in [0.25, 0.3) is 0 Å². The topological polar surface area (TPSA) is 52.6 Å². The number of benzene rings is 1. The maximum absolute atomic E-state index is 13.1. The van der Waals surface area contributed by atoms with E-state index in [1.165, 1.54) is 46.1 Å². The Hall–Kier alpha value is -1.70. The Labute approximate surface area is 141 Å². The summed E-state index contributed by atoms with van der Waals surface area (Å²) in [6, 6.07) is 4.38. The lowest BCUT2D eigenvalue weighted by Gasteiger charge is -2.29. The molecule has 0 aromatic heterocycles. The van der Waals surface area contributed by atoms with Gasteiger partial charge in [-0.3, -0.25) is 9.59 Å². The molecule has 1 aromatic carbocycles. The molecule has 1 unspecified atom stereocenters. The lowest BCUT2D eigenvalue weighted by Crippen LogP contribution is -2.47. The summed E-state index contributed by atoms with van der Waals surface area (Å²) in [4.78, 5) is 25.2. The van der Waals surface area contributed by atoms with E-state index in [1.807, 2.05) is 0 Å². The molecule has 0 N–H and O–H groups in total. The van der Waals surface area contributed by atoms with Gasteiger partial charge in [-0.05, 0) is 50.2 Å². The molecule has 0 amide bonds. The predicted molar refractivity (Wildman–Crippen MR) is 83.3 cm³/mol. The van der Waals surface area contributed by atoms with Crippen LogP contribution in [-0.2, 0) is 16.0 Å². The van der Waals surface area contributed by atoms with Crippen LogP contribution in [0.3, 0.4) is 0 Å². The zero-order chi connectivity index (χ0) is 18.3. The van der Waals surface area contributed by atoms with E-state index in [0.29, 0.717) is 11.3 Å². The molecule has 2 rings (SSSR count). The van der Waals surface area contributed by atoms with Crippen LogP contribution in [0.5, 0.6) is 5.75 Å². The molecule has 132 valence electrons. The monoisotopic (exact) mass is 362 g/mol. The molecule has 24 heavy (non-hydrogen) atoms. The maximum Gasteiger partial charge on any atom is 0.443 e. The maximum atomic E-state index is 13.1. The fourth-order valence-corrected chi connectivity index (χ4v) is 3.41. The van der Waals surface area contributed by atoms with Crippen LogP contribution < -0.4 is 4.74 Å². The van der Waals surface area contributed by atoms with Gasteiger partial charge in [0.15, 0.2) is 10.5 Å². The number of rotatable bonds is 3. The molecule has 1 aliphatic rings. The summed E-state index contributed by atoms with van der Waals surface area (Å²) < 4.78 is 47.0. The van der Waals surface area contributed by atoms with Crippen molar-refractivity contribution < 1.29 is 32.2 Å². The second kappa shape index (κ2) is 5.98. The normalized spacial score (nSPS) is 20.7. The Morgan fingerprint density at radius 1 is 1.25 bits per heavy atom. The van der Waals surface area contributed by atoms with Gasteiger partial charge in [0.05, 0.1) is 7.11 Å². The van der Waals surface area contributed by atoms with Crippen molar-refractivity contribution in [3.05, 3.63) is 29.3 Å². The van der Waals surface area contributed by atoms with Crippen LogP contribution in [-0.4, -0.2) is 34.7 Å². The minimum Gasteiger partial charge on any atom is -0.497 e. The summed E-state index contributed by atoms with van der Waals surface area (Å²) >= 11 is -0.626. The van der Waals surface area contributed by atoms with E-state index in [4.69, 9.17) is 9.47 Å². The highest BCUT2D eigenvalue weighted by Crippen LogP contribution is 2.49. The van der Waals surface area contributed by atoms with Crippen LogP contribution in [0.15, 0.2) is 18.2 Å².